The highest BCUT2D eigenvalue weighted by molar-refractivity contribution is 8.76. The molecule has 0 aliphatic carbocycles. The first-order valence-electron chi connectivity index (χ1n) is 6.24. The van der Waals surface area contributed by atoms with E-state index in [1.165, 1.54) is 21.6 Å². The SMILES string of the molecule is CSSC[C@H](NC(=O)CC[C@H]([NH3+])C(=O)[O-])C(=O)NCC(=O)[O-]. The van der Waals surface area contributed by atoms with Gasteiger partial charge in [-0.05, 0) is 6.26 Å². The standard InChI is InChI=1S/C11H19N3O6S2/c1-21-22-5-7(10(18)13-4-9(16)17)14-8(15)3-2-6(12)11(19)20/h6-7H,2-5,12H2,1H3,(H,13,18)(H,14,15)(H,16,17)(H,19,20)/p-1/t6-,7-/m0/s1. The summed E-state index contributed by atoms with van der Waals surface area (Å²) >= 11 is 0. The largest absolute Gasteiger partial charge is 0.548 e. The van der Waals surface area contributed by atoms with Crippen LogP contribution in [0.3, 0.4) is 0 Å². The summed E-state index contributed by atoms with van der Waals surface area (Å²) in [5, 5.41) is 25.4. The van der Waals surface area contributed by atoms with Gasteiger partial charge in [-0.2, -0.15) is 0 Å². The Bertz CT molecular complexity index is 421. The number of amides is 2. The Morgan fingerprint density at radius 1 is 1.23 bits per heavy atom. The minimum atomic E-state index is -1.44. The number of carboxylic acids is 2. The van der Waals surface area contributed by atoms with E-state index in [0.717, 1.165) is 0 Å². The van der Waals surface area contributed by atoms with Crippen LogP contribution in [0.1, 0.15) is 12.8 Å². The Hall–Kier alpha value is -1.46. The second kappa shape index (κ2) is 11.2. The Labute approximate surface area is 135 Å². The molecule has 0 saturated carbocycles. The Morgan fingerprint density at radius 2 is 1.86 bits per heavy atom. The van der Waals surface area contributed by atoms with Gasteiger partial charge in [-0.15, -0.1) is 0 Å². The first kappa shape index (κ1) is 20.5. The molecule has 9 nitrogen and oxygen atoms in total. The second-order valence-electron chi connectivity index (χ2n) is 4.22. The zero-order chi connectivity index (χ0) is 17.1. The smallest absolute Gasteiger partial charge is 0.243 e. The molecule has 2 amide bonds. The van der Waals surface area contributed by atoms with Gasteiger partial charge in [-0.3, -0.25) is 9.59 Å². The minimum Gasteiger partial charge on any atom is -0.548 e. The van der Waals surface area contributed by atoms with Crippen molar-refractivity contribution in [3.63, 3.8) is 0 Å². The molecule has 0 aliphatic rings. The number of nitrogens with one attached hydrogen (secondary N) is 2. The Morgan fingerprint density at radius 3 is 2.36 bits per heavy atom. The first-order valence-corrected chi connectivity index (χ1v) is 8.97. The van der Waals surface area contributed by atoms with E-state index < -0.39 is 42.4 Å². The van der Waals surface area contributed by atoms with Gasteiger partial charge in [-0.25, -0.2) is 0 Å². The van der Waals surface area contributed by atoms with Crippen molar-refractivity contribution < 1.29 is 35.1 Å². The lowest BCUT2D eigenvalue weighted by atomic mass is 10.1. The van der Waals surface area contributed by atoms with E-state index in [0.29, 0.717) is 0 Å². The number of hydrogen-bond acceptors (Lipinski definition) is 8. The molecule has 0 aromatic rings. The predicted molar refractivity (Wildman–Crippen MR) is 76.8 cm³/mol. The van der Waals surface area contributed by atoms with Crippen molar-refractivity contribution in [2.75, 3.05) is 18.6 Å². The van der Waals surface area contributed by atoms with E-state index in [1.54, 1.807) is 6.26 Å². The van der Waals surface area contributed by atoms with E-state index in [1.807, 2.05) is 0 Å². The summed E-state index contributed by atoms with van der Waals surface area (Å²) in [6.45, 7) is -0.652. The lowest BCUT2D eigenvalue weighted by Gasteiger charge is -2.18. The fourth-order valence-corrected chi connectivity index (χ4v) is 2.61. The van der Waals surface area contributed by atoms with Crippen LogP contribution in [0.2, 0.25) is 0 Å². The average molecular weight is 352 g/mol. The number of carbonyl (C=O) groups excluding carboxylic acids is 4. The topological polar surface area (TPSA) is 166 Å². The number of carboxylic acid groups (broad SMARTS) is 2. The molecule has 2 atom stereocenters. The van der Waals surface area contributed by atoms with Crippen molar-refractivity contribution in [1.29, 1.82) is 0 Å². The van der Waals surface area contributed by atoms with Crippen LogP contribution in [-0.2, 0) is 19.2 Å². The Balaban J connectivity index is 4.43. The summed E-state index contributed by atoms with van der Waals surface area (Å²) in [7, 11) is 2.69. The molecule has 11 heteroatoms. The third-order valence-corrected chi connectivity index (χ3v) is 4.28. The van der Waals surface area contributed by atoms with Crippen molar-refractivity contribution in [1.82, 2.24) is 10.6 Å². The normalized spacial score (nSPS) is 13.0. The summed E-state index contributed by atoms with van der Waals surface area (Å²) in [4.78, 5) is 44.3. The number of hydrogen-bond donors (Lipinski definition) is 3. The molecule has 0 radical (unpaired) electrons. The molecule has 0 aromatic heterocycles. The maximum atomic E-state index is 11.8. The van der Waals surface area contributed by atoms with Gasteiger partial charge < -0.3 is 36.2 Å². The van der Waals surface area contributed by atoms with Crippen molar-refractivity contribution >= 4 is 45.3 Å². The van der Waals surface area contributed by atoms with Gasteiger partial charge in [0.05, 0.1) is 18.5 Å². The molecule has 0 rings (SSSR count). The summed E-state index contributed by atoms with van der Waals surface area (Å²) in [5.41, 5.74) is 3.32. The highest BCUT2D eigenvalue weighted by atomic mass is 33.1. The highest BCUT2D eigenvalue weighted by Crippen LogP contribution is 2.17. The minimum absolute atomic E-state index is 0.0166. The van der Waals surface area contributed by atoms with E-state index >= 15 is 0 Å². The third kappa shape index (κ3) is 9.47. The van der Waals surface area contributed by atoms with Crippen LogP contribution >= 0.6 is 21.6 Å². The van der Waals surface area contributed by atoms with Crippen molar-refractivity contribution in [3.05, 3.63) is 0 Å². The molecule has 126 valence electrons. The molecule has 0 spiro atoms. The predicted octanol–water partition coefficient (Wildman–Crippen LogP) is -4.51. The van der Waals surface area contributed by atoms with Gasteiger partial charge in [0, 0.05) is 18.6 Å². The summed E-state index contributed by atoms with van der Waals surface area (Å²) in [6.07, 6.45) is 1.64. The van der Waals surface area contributed by atoms with Crippen LogP contribution in [0.15, 0.2) is 0 Å². The van der Waals surface area contributed by atoms with E-state index in [4.69, 9.17) is 0 Å². The molecule has 0 aliphatic heterocycles. The molecule has 0 unspecified atom stereocenters. The van der Waals surface area contributed by atoms with Crippen molar-refractivity contribution in [3.8, 4) is 0 Å². The molecule has 5 N–H and O–H groups in total. The fourth-order valence-electron chi connectivity index (χ4n) is 1.29. The van der Waals surface area contributed by atoms with Crippen molar-refractivity contribution in [2.24, 2.45) is 0 Å². The average Bonchev–Trinajstić information content (AvgIpc) is 2.46. The van der Waals surface area contributed by atoms with Crippen LogP contribution < -0.4 is 26.6 Å². The Kier molecular flexibility index (Phi) is 10.4. The molecule has 0 fully saturated rings. The van der Waals surface area contributed by atoms with Crippen LogP contribution in [0.25, 0.3) is 0 Å². The van der Waals surface area contributed by atoms with Gasteiger partial charge in [0.15, 0.2) is 0 Å². The first-order chi connectivity index (χ1) is 10.3. The number of rotatable bonds is 11. The third-order valence-electron chi connectivity index (χ3n) is 2.46. The molecule has 0 saturated heterocycles. The van der Waals surface area contributed by atoms with Gasteiger partial charge in [0.1, 0.15) is 12.1 Å². The van der Waals surface area contributed by atoms with Gasteiger partial charge in [0.2, 0.25) is 11.8 Å². The van der Waals surface area contributed by atoms with Crippen LogP contribution in [-0.4, -0.2) is 54.4 Å². The molecular formula is C11H18N3O6S2-. The maximum Gasteiger partial charge on any atom is 0.243 e. The zero-order valence-electron chi connectivity index (χ0n) is 12.0. The van der Waals surface area contributed by atoms with Crippen LogP contribution in [0.4, 0.5) is 0 Å². The maximum absolute atomic E-state index is 11.8. The number of aliphatic carboxylic acids is 2. The van der Waals surface area contributed by atoms with Gasteiger partial charge in [-0.1, -0.05) is 21.6 Å². The van der Waals surface area contributed by atoms with Crippen LogP contribution in [0, 0.1) is 0 Å². The molecule has 0 aromatic carbocycles. The van der Waals surface area contributed by atoms with Gasteiger partial charge in [0.25, 0.3) is 0 Å². The summed E-state index contributed by atoms with van der Waals surface area (Å²) in [5.74, 6) is -3.73. The van der Waals surface area contributed by atoms with Crippen LogP contribution in [0.5, 0.6) is 0 Å². The summed E-state index contributed by atoms with van der Waals surface area (Å²) < 4.78 is 0. The summed E-state index contributed by atoms with van der Waals surface area (Å²) in [6, 6.07) is -1.94. The fraction of sp³-hybridized carbons (Fsp3) is 0.636. The number of quaternary nitrogens is 1. The molecule has 0 heterocycles. The van der Waals surface area contributed by atoms with E-state index in [9.17, 15) is 29.4 Å². The zero-order valence-corrected chi connectivity index (χ0v) is 13.6. The lowest BCUT2D eigenvalue weighted by molar-refractivity contribution is -0.438. The van der Waals surface area contributed by atoms with E-state index in [-0.39, 0.29) is 18.6 Å². The molecular weight excluding hydrogens is 334 g/mol. The number of carbonyl (C=O) groups is 4. The second-order valence-corrected chi connectivity index (χ2v) is 6.83. The van der Waals surface area contributed by atoms with Crippen molar-refractivity contribution in [2.45, 2.75) is 24.9 Å². The highest BCUT2D eigenvalue weighted by Gasteiger charge is 2.21. The quantitative estimate of drug-likeness (QED) is 0.313. The van der Waals surface area contributed by atoms with E-state index in [2.05, 4.69) is 16.4 Å². The molecule has 0 bridgehead atoms. The monoisotopic (exact) mass is 352 g/mol. The lowest BCUT2D eigenvalue weighted by Crippen LogP contribution is -2.68. The van der Waals surface area contributed by atoms with Gasteiger partial charge >= 0.3 is 0 Å². The molecule has 22 heavy (non-hydrogen) atoms.